The minimum absolute atomic E-state index is 0.174. The van der Waals surface area contributed by atoms with Gasteiger partial charge in [-0.05, 0) is 68.3 Å². The van der Waals surface area contributed by atoms with Gasteiger partial charge in [-0.25, -0.2) is 8.42 Å². The van der Waals surface area contributed by atoms with Gasteiger partial charge in [0.2, 0.25) is 0 Å². The highest BCUT2D eigenvalue weighted by Crippen LogP contribution is 2.29. The van der Waals surface area contributed by atoms with Crippen LogP contribution >= 0.6 is 11.6 Å². The summed E-state index contributed by atoms with van der Waals surface area (Å²) in [4.78, 5) is 2.66. The molecule has 5 nitrogen and oxygen atoms in total. The molecule has 1 aliphatic rings. The van der Waals surface area contributed by atoms with Crippen molar-refractivity contribution in [2.24, 2.45) is 0 Å². The first-order valence-electron chi connectivity index (χ1n) is 9.33. The highest BCUT2D eigenvalue weighted by Gasteiger charge is 2.31. The summed E-state index contributed by atoms with van der Waals surface area (Å²) in [6.07, 6.45) is 3.08. The molecule has 1 heterocycles. The van der Waals surface area contributed by atoms with Gasteiger partial charge in [0.25, 0.3) is 0 Å². The van der Waals surface area contributed by atoms with Crippen molar-refractivity contribution in [2.75, 3.05) is 32.5 Å². The Bertz CT molecular complexity index is 874. The van der Waals surface area contributed by atoms with Gasteiger partial charge in [0, 0.05) is 30.9 Å². The second-order valence-corrected chi connectivity index (χ2v) is 9.89. The fraction of sp³-hybridized carbons (Fsp3) is 0.429. The van der Waals surface area contributed by atoms with E-state index in [0.717, 1.165) is 38.2 Å². The van der Waals surface area contributed by atoms with Crippen molar-refractivity contribution < 1.29 is 17.9 Å². The molecular formula is C21H26ClNO4S. The number of sulfone groups is 1. The van der Waals surface area contributed by atoms with Crippen molar-refractivity contribution in [2.45, 2.75) is 30.3 Å². The van der Waals surface area contributed by atoms with Crippen LogP contribution in [0.25, 0.3) is 0 Å². The van der Waals surface area contributed by atoms with Gasteiger partial charge < -0.3 is 9.47 Å². The van der Waals surface area contributed by atoms with E-state index >= 15 is 0 Å². The predicted octanol–water partition coefficient (Wildman–Crippen LogP) is 4.06. The summed E-state index contributed by atoms with van der Waals surface area (Å²) in [5.41, 5.74) is -0.174. The third kappa shape index (κ3) is 5.87. The van der Waals surface area contributed by atoms with Gasteiger partial charge in [-0.3, -0.25) is 4.90 Å². The first-order chi connectivity index (χ1) is 13.2. The van der Waals surface area contributed by atoms with Crippen LogP contribution in [0.1, 0.15) is 19.8 Å². The van der Waals surface area contributed by atoms with Gasteiger partial charge in [-0.1, -0.05) is 11.6 Å². The first kappa shape index (κ1) is 21.0. The maximum Gasteiger partial charge on any atom is 0.175 e. The van der Waals surface area contributed by atoms with Crippen LogP contribution in [-0.4, -0.2) is 51.4 Å². The van der Waals surface area contributed by atoms with Crippen molar-refractivity contribution in [3.05, 3.63) is 53.6 Å². The van der Waals surface area contributed by atoms with Crippen LogP contribution in [0, 0.1) is 0 Å². The van der Waals surface area contributed by atoms with E-state index in [1.165, 1.54) is 6.26 Å². The highest BCUT2D eigenvalue weighted by molar-refractivity contribution is 7.90. The molecule has 0 aliphatic carbocycles. The average molecular weight is 424 g/mol. The van der Waals surface area contributed by atoms with Gasteiger partial charge >= 0.3 is 0 Å². The lowest BCUT2D eigenvalue weighted by molar-refractivity contribution is 0.0135. The third-order valence-corrected chi connectivity index (χ3v) is 6.40. The number of piperidine rings is 1. The molecule has 0 N–H and O–H groups in total. The van der Waals surface area contributed by atoms with Gasteiger partial charge in [0.1, 0.15) is 23.7 Å². The SMILES string of the molecule is CC1(Oc2ccc(Cl)cc2)CCN(CCOc2ccc(S(C)(=O)=O)cc2)CC1. The highest BCUT2D eigenvalue weighted by atomic mass is 35.5. The summed E-state index contributed by atoms with van der Waals surface area (Å²) in [7, 11) is -3.18. The second-order valence-electron chi connectivity index (χ2n) is 7.44. The van der Waals surface area contributed by atoms with E-state index in [9.17, 15) is 8.42 Å². The summed E-state index contributed by atoms with van der Waals surface area (Å²) in [6, 6.07) is 14.0. The Morgan fingerprint density at radius 3 is 2.14 bits per heavy atom. The molecule has 1 aliphatic heterocycles. The van der Waals surface area contributed by atoms with Crippen molar-refractivity contribution in [1.29, 1.82) is 0 Å². The van der Waals surface area contributed by atoms with E-state index in [-0.39, 0.29) is 5.60 Å². The van der Waals surface area contributed by atoms with E-state index in [4.69, 9.17) is 21.1 Å². The number of rotatable bonds is 7. The summed E-state index contributed by atoms with van der Waals surface area (Å²) in [5, 5.41) is 0.707. The zero-order chi connectivity index (χ0) is 20.2. The predicted molar refractivity (Wildman–Crippen MR) is 111 cm³/mol. The van der Waals surface area contributed by atoms with Crippen LogP contribution in [0.2, 0.25) is 5.02 Å². The van der Waals surface area contributed by atoms with Gasteiger partial charge in [0.05, 0.1) is 4.90 Å². The van der Waals surface area contributed by atoms with Crippen LogP contribution in [0.3, 0.4) is 0 Å². The molecule has 2 aromatic carbocycles. The fourth-order valence-electron chi connectivity index (χ4n) is 3.21. The smallest absolute Gasteiger partial charge is 0.175 e. The summed E-state index contributed by atoms with van der Waals surface area (Å²) < 4.78 is 34.9. The molecule has 0 radical (unpaired) electrons. The average Bonchev–Trinajstić information content (AvgIpc) is 2.65. The van der Waals surface area contributed by atoms with Crippen LogP contribution in [-0.2, 0) is 9.84 Å². The summed E-state index contributed by atoms with van der Waals surface area (Å²) in [5.74, 6) is 1.53. The van der Waals surface area contributed by atoms with E-state index in [0.29, 0.717) is 22.3 Å². The van der Waals surface area contributed by atoms with Crippen molar-refractivity contribution in [3.8, 4) is 11.5 Å². The number of halogens is 1. The summed E-state index contributed by atoms with van der Waals surface area (Å²) in [6.45, 7) is 5.43. The minimum atomic E-state index is -3.18. The quantitative estimate of drug-likeness (QED) is 0.672. The number of hydrogen-bond acceptors (Lipinski definition) is 5. The number of benzene rings is 2. The second kappa shape index (κ2) is 8.72. The summed E-state index contributed by atoms with van der Waals surface area (Å²) >= 11 is 5.93. The zero-order valence-corrected chi connectivity index (χ0v) is 17.8. The molecule has 0 aromatic heterocycles. The Labute approximate surface area is 172 Å². The molecule has 1 fully saturated rings. The molecule has 0 saturated carbocycles. The maximum atomic E-state index is 11.5. The number of nitrogens with zero attached hydrogens (tertiary/aromatic N) is 1. The molecule has 0 amide bonds. The van der Waals surface area contributed by atoms with Crippen LogP contribution in [0.5, 0.6) is 11.5 Å². The van der Waals surface area contributed by atoms with E-state index < -0.39 is 9.84 Å². The van der Waals surface area contributed by atoms with Crippen molar-refractivity contribution in [3.63, 3.8) is 0 Å². The molecule has 3 rings (SSSR count). The largest absolute Gasteiger partial charge is 0.492 e. The fourth-order valence-corrected chi connectivity index (χ4v) is 3.97. The topological polar surface area (TPSA) is 55.8 Å². The number of hydrogen-bond donors (Lipinski definition) is 0. The molecule has 1 saturated heterocycles. The molecule has 0 spiro atoms. The van der Waals surface area contributed by atoms with Crippen LogP contribution in [0.4, 0.5) is 0 Å². The van der Waals surface area contributed by atoms with Crippen LogP contribution in [0.15, 0.2) is 53.4 Å². The molecule has 152 valence electrons. The Balaban J connectivity index is 1.42. The third-order valence-electron chi connectivity index (χ3n) is 5.02. The van der Waals surface area contributed by atoms with Crippen molar-refractivity contribution >= 4 is 21.4 Å². The van der Waals surface area contributed by atoms with Gasteiger partial charge in [0.15, 0.2) is 9.84 Å². The molecule has 7 heteroatoms. The maximum absolute atomic E-state index is 11.5. The van der Waals surface area contributed by atoms with Gasteiger partial charge in [-0.15, -0.1) is 0 Å². The molecule has 0 bridgehead atoms. The lowest BCUT2D eigenvalue weighted by Crippen LogP contribution is -2.47. The Kier molecular flexibility index (Phi) is 6.53. The van der Waals surface area contributed by atoms with Crippen molar-refractivity contribution in [1.82, 2.24) is 4.90 Å². The first-order valence-corrected chi connectivity index (χ1v) is 11.6. The lowest BCUT2D eigenvalue weighted by atomic mass is 9.93. The Hall–Kier alpha value is -1.76. The van der Waals surface area contributed by atoms with E-state index in [2.05, 4.69) is 11.8 Å². The normalized spacial score (nSPS) is 17.2. The molecule has 2 aromatic rings. The minimum Gasteiger partial charge on any atom is -0.492 e. The monoisotopic (exact) mass is 423 g/mol. The van der Waals surface area contributed by atoms with Crippen LogP contribution < -0.4 is 9.47 Å². The number of ether oxygens (including phenoxy) is 2. The standard InChI is InChI=1S/C21H26ClNO4S/c1-21(27-19-5-3-17(22)4-6-19)11-13-23(14-12-21)15-16-26-18-7-9-20(10-8-18)28(2,24)25/h3-10H,11-16H2,1-2H3. The Morgan fingerprint density at radius 1 is 1.00 bits per heavy atom. The molecule has 0 atom stereocenters. The lowest BCUT2D eigenvalue weighted by Gasteiger charge is -2.39. The molecule has 0 unspecified atom stereocenters. The zero-order valence-electron chi connectivity index (χ0n) is 16.2. The number of likely N-dealkylation sites (tertiary alicyclic amines) is 1. The van der Waals surface area contributed by atoms with Gasteiger partial charge in [-0.2, -0.15) is 0 Å². The molecular weight excluding hydrogens is 398 g/mol. The van der Waals surface area contributed by atoms with E-state index in [1.54, 1.807) is 24.3 Å². The molecule has 28 heavy (non-hydrogen) atoms. The van der Waals surface area contributed by atoms with E-state index in [1.807, 2.05) is 24.3 Å². The Morgan fingerprint density at radius 2 is 1.57 bits per heavy atom.